The lowest BCUT2D eigenvalue weighted by Crippen LogP contribution is -2.40. The smallest absolute Gasteiger partial charge is 0.243 e. The Hall–Kier alpha value is -2.73. The lowest BCUT2D eigenvalue weighted by Gasteiger charge is -2.26. The lowest BCUT2D eigenvalue weighted by atomic mass is 10.1. The van der Waals surface area contributed by atoms with Crippen molar-refractivity contribution >= 4 is 32.8 Å². The summed E-state index contributed by atoms with van der Waals surface area (Å²) in [7, 11) is -3.57. The molecule has 5 rings (SSSR count). The van der Waals surface area contributed by atoms with Gasteiger partial charge >= 0.3 is 0 Å². The second-order valence-corrected chi connectivity index (χ2v) is 10.9. The number of aryl methyl sites for hydroxylation is 2. The van der Waals surface area contributed by atoms with Crippen molar-refractivity contribution in [1.82, 2.24) is 29.0 Å². The number of nitrogens with zero attached hydrogens (tertiary/aromatic N) is 5. The second kappa shape index (κ2) is 9.49. The van der Waals surface area contributed by atoms with E-state index >= 15 is 0 Å². The van der Waals surface area contributed by atoms with E-state index in [1.165, 1.54) is 21.6 Å². The van der Waals surface area contributed by atoms with Gasteiger partial charge in [-0.15, -0.1) is 5.10 Å². The molecule has 34 heavy (non-hydrogen) atoms. The van der Waals surface area contributed by atoms with Crippen LogP contribution in [-0.2, 0) is 27.1 Å². The fourth-order valence-corrected chi connectivity index (χ4v) is 6.17. The fraction of sp³-hybridized carbons (Fsp3) is 0.348. The molecule has 1 saturated heterocycles. The Bertz CT molecular complexity index is 1410. The quantitative estimate of drug-likeness (QED) is 0.389. The van der Waals surface area contributed by atoms with Crippen LogP contribution in [0.15, 0.2) is 52.5 Å². The van der Waals surface area contributed by atoms with Gasteiger partial charge in [0.1, 0.15) is 5.82 Å². The van der Waals surface area contributed by atoms with Gasteiger partial charge in [-0.1, -0.05) is 41.6 Å². The summed E-state index contributed by atoms with van der Waals surface area (Å²) in [6, 6.07) is 13.3. The van der Waals surface area contributed by atoms with E-state index in [1.54, 1.807) is 12.1 Å². The number of morpholine rings is 1. The number of hydrogen-bond acceptors (Lipinski definition) is 7. The fourth-order valence-electron chi connectivity index (χ4n) is 4.00. The van der Waals surface area contributed by atoms with Gasteiger partial charge in [0, 0.05) is 25.2 Å². The maximum atomic E-state index is 13.1. The zero-order valence-corrected chi connectivity index (χ0v) is 20.7. The Morgan fingerprint density at radius 2 is 1.85 bits per heavy atom. The number of ether oxygens (including phenoxy) is 1. The van der Waals surface area contributed by atoms with Crippen molar-refractivity contribution in [2.45, 2.75) is 36.2 Å². The highest BCUT2D eigenvalue weighted by Gasteiger charge is 2.27. The predicted molar refractivity (Wildman–Crippen MR) is 131 cm³/mol. The van der Waals surface area contributed by atoms with E-state index in [1.807, 2.05) is 37.3 Å². The molecule has 1 N–H and O–H groups in total. The van der Waals surface area contributed by atoms with Crippen molar-refractivity contribution in [3.63, 3.8) is 0 Å². The summed E-state index contributed by atoms with van der Waals surface area (Å²) in [6.07, 6.45) is 0. The summed E-state index contributed by atoms with van der Waals surface area (Å²) in [5, 5.41) is 7.97. The Balaban J connectivity index is 1.37. The number of sulfonamides is 1. The molecule has 2 aromatic heterocycles. The third-order valence-corrected chi connectivity index (χ3v) is 8.58. The van der Waals surface area contributed by atoms with Crippen LogP contribution in [0.25, 0.3) is 22.4 Å². The third kappa shape index (κ3) is 4.48. The minimum absolute atomic E-state index is 0.263. The highest BCUT2D eigenvalue weighted by molar-refractivity contribution is 7.98. The highest BCUT2D eigenvalue weighted by atomic mass is 32.2. The van der Waals surface area contributed by atoms with Gasteiger partial charge in [0.15, 0.2) is 5.82 Å². The molecule has 1 aliphatic rings. The summed E-state index contributed by atoms with van der Waals surface area (Å²) in [6.45, 7) is 6.40. The maximum Gasteiger partial charge on any atom is 0.243 e. The Morgan fingerprint density at radius 3 is 2.59 bits per heavy atom. The molecule has 0 amide bonds. The number of H-pyrrole nitrogens is 1. The molecule has 9 nitrogen and oxygen atoms in total. The van der Waals surface area contributed by atoms with Gasteiger partial charge in [-0.2, -0.15) is 4.31 Å². The number of aromatic nitrogens is 5. The minimum Gasteiger partial charge on any atom is -0.379 e. The second-order valence-electron chi connectivity index (χ2n) is 8.06. The molecule has 4 aromatic rings. The van der Waals surface area contributed by atoms with Crippen molar-refractivity contribution in [1.29, 1.82) is 0 Å². The van der Waals surface area contributed by atoms with Crippen LogP contribution in [0.1, 0.15) is 18.3 Å². The molecule has 1 aliphatic heterocycles. The van der Waals surface area contributed by atoms with E-state index in [-0.39, 0.29) is 4.90 Å². The molecule has 11 heteroatoms. The number of imidazole rings is 1. The van der Waals surface area contributed by atoms with Crippen LogP contribution >= 0.6 is 11.8 Å². The molecule has 0 radical (unpaired) electrons. The Morgan fingerprint density at radius 1 is 1.09 bits per heavy atom. The number of rotatable bonds is 7. The first-order chi connectivity index (χ1) is 16.5. The Kier molecular flexibility index (Phi) is 6.43. The van der Waals surface area contributed by atoms with Crippen LogP contribution in [0.4, 0.5) is 0 Å². The summed E-state index contributed by atoms with van der Waals surface area (Å²) in [5.74, 6) is 2.15. The largest absolute Gasteiger partial charge is 0.379 e. The number of thioether (sulfide) groups is 1. The lowest BCUT2D eigenvalue weighted by molar-refractivity contribution is 0.0730. The van der Waals surface area contributed by atoms with Gasteiger partial charge in [-0.3, -0.25) is 5.10 Å². The first-order valence-corrected chi connectivity index (χ1v) is 13.6. The molecular formula is C23H26N6O3S2. The zero-order valence-electron chi connectivity index (χ0n) is 19.1. The molecule has 0 bridgehead atoms. The molecule has 178 valence electrons. The van der Waals surface area contributed by atoms with E-state index in [2.05, 4.69) is 26.7 Å². The van der Waals surface area contributed by atoms with Gasteiger partial charge in [0.05, 0.1) is 34.9 Å². The summed E-state index contributed by atoms with van der Waals surface area (Å²) >= 11 is 1.49. The standard InChI is InChI=1S/C23H26N6O3S2/c1-3-29-20-9-8-18(34(30,31)28-10-12-32-13-11-28)14-19(20)24-21(29)15-33-23-25-22(26-27-23)17-6-4-16(2)5-7-17/h4-9,14H,3,10-13,15H2,1-2H3,(H,25,26,27). The first-order valence-electron chi connectivity index (χ1n) is 11.1. The molecular weight excluding hydrogens is 472 g/mol. The maximum absolute atomic E-state index is 13.1. The molecule has 0 aliphatic carbocycles. The monoisotopic (exact) mass is 498 g/mol. The molecule has 0 saturated carbocycles. The van der Waals surface area contributed by atoms with Gasteiger partial charge in [-0.05, 0) is 32.0 Å². The van der Waals surface area contributed by atoms with Crippen molar-refractivity contribution in [3.8, 4) is 11.4 Å². The van der Waals surface area contributed by atoms with Crippen molar-refractivity contribution < 1.29 is 13.2 Å². The Labute approximate surface area is 202 Å². The van der Waals surface area contributed by atoms with Crippen molar-refractivity contribution in [2.75, 3.05) is 26.3 Å². The molecule has 0 atom stereocenters. The van der Waals surface area contributed by atoms with Crippen LogP contribution < -0.4 is 0 Å². The summed E-state index contributed by atoms with van der Waals surface area (Å²) < 4.78 is 35.0. The van der Waals surface area contributed by atoms with E-state index < -0.39 is 10.0 Å². The van der Waals surface area contributed by atoms with Crippen LogP contribution in [0.2, 0.25) is 0 Å². The normalized spacial score (nSPS) is 15.2. The average Bonchev–Trinajstić information content (AvgIpc) is 3.47. The predicted octanol–water partition coefficient (Wildman–Crippen LogP) is 3.46. The topological polar surface area (TPSA) is 106 Å². The molecule has 2 aromatic carbocycles. The van der Waals surface area contributed by atoms with E-state index in [9.17, 15) is 8.42 Å². The van der Waals surface area contributed by atoms with Gasteiger partial charge in [-0.25, -0.2) is 18.4 Å². The molecule has 1 fully saturated rings. The van der Waals surface area contributed by atoms with E-state index in [0.29, 0.717) is 42.7 Å². The highest BCUT2D eigenvalue weighted by Crippen LogP contribution is 2.27. The third-order valence-electron chi connectivity index (χ3n) is 5.84. The van der Waals surface area contributed by atoms with Gasteiger partial charge in [0.2, 0.25) is 15.2 Å². The van der Waals surface area contributed by atoms with Crippen molar-refractivity contribution in [3.05, 3.63) is 53.9 Å². The summed E-state index contributed by atoms with van der Waals surface area (Å²) in [4.78, 5) is 9.62. The van der Waals surface area contributed by atoms with Crippen LogP contribution in [0.3, 0.4) is 0 Å². The van der Waals surface area contributed by atoms with Crippen LogP contribution in [-0.4, -0.2) is 63.8 Å². The minimum atomic E-state index is -3.57. The number of fused-ring (bicyclic) bond motifs is 1. The number of hydrogen-bond donors (Lipinski definition) is 1. The first kappa shape index (κ1) is 23.0. The zero-order chi connectivity index (χ0) is 23.7. The molecule has 0 unspecified atom stereocenters. The number of nitrogens with one attached hydrogen (secondary N) is 1. The number of benzene rings is 2. The van der Waals surface area contributed by atoms with Crippen molar-refractivity contribution in [2.24, 2.45) is 0 Å². The summed E-state index contributed by atoms with van der Waals surface area (Å²) in [5.41, 5.74) is 3.76. The molecule has 0 spiro atoms. The van der Waals surface area contributed by atoms with Gasteiger partial charge < -0.3 is 9.30 Å². The molecule has 3 heterocycles. The van der Waals surface area contributed by atoms with E-state index in [0.717, 1.165) is 29.3 Å². The van der Waals surface area contributed by atoms with Crippen LogP contribution in [0, 0.1) is 6.92 Å². The van der Waals surface area contributed by atoms with Gasteiger partial charge in [0.25, 0.3) is 0 Å². The SMILES string of the molecule is CCn1c(CSc2n[nH]c(-c3ccc(C)cc3)n2)nc2cc(S(=O)(=O)N3CCOCC3)ccc21. The average molecular weight is 499 g/mol. The van der Waals surface area contributed by atoms with Crippen LogP contribution in [0.5, 0.6) is 0 Å². The number of aromatic amines is 1. The van der Waals surface area contributed by atoms with E-state index in [4.69, 9.17) is 9.72 Å².